The molecule has 3 heterocycles. The van der Waals surface area contributed by atoms with Gasteiger partial charge in [0.1, 0.15) is 5.70 Å². The number of amides is 3. The zero-order chi connectivity index (χ0) is 20.2. The molecule has 0 saturated carbocycles. The Balaban J connectivity index is 1.45. The monoisotopic (exact) mass is 402 g/mol. The standard InChI is InChI=1S/C19H18N2O6S/c1-9(22)14-12-8-13(15(19(26)27)21(12)18(14)25)28-7-6-20-16(23)10-4-2-3-5-11(10)17(20)24/h2-5,9,12,14,22H,6-8H2,1H3,(H,26,27)/t9-,12-,14-/m1/s1. The van der Waals surface area contributed by atoms with Crippen LogP contribution in [0, 0.1) is 5.92 Å². The van der Waals surface area contributed by atoms with Gasteiger partial charge >= 0.3 is 5.97 Å². The molecular formula is C19H18N2O6S. The number of carbonyl (C=O) groups excluding carboxylic acids is 3. The van der Waals surface area contributed by atoms with E-state index in [0.717, 1.165) is 4.90 Å². The van der Waals surface area contributed by atoms with Crippen LogP contribution in [0.1, 0.15) is 34.1 Å². The molecule has 1 aromatic carbocycles. The number of benzene rings is 1. The van der Waals surface area contributed by atoms with E-state index in [9.17, 15) is 29.4 Å². The number of aliphatic hydroxyl groups is 1. The molecule has 1 aromatic rings. The van der Waals surface area contributed by atoms with Gasteiger partial charge in [-0.1, -0.05) is 12.1 Å². The third kappa shape index (κ3) is 2.65. The van der Waals surface area contributed by atoms with Crippen molar-refractivity contribution in [1.29, 1.82) is 0 Å². The van der Waals surface area contributed by atoms with Crippen molar-refractivity contribution in [3.05, 3.63) is 46.0 Å². The molecule has 146 valence electrons. The molecule has 0 aromatic heterocycles. The number of carboxylic acid groups (broad SMARTS) is 1. The number of aliphatic carboxylic acids is 1. The molecule has 0 aliphatic carbocycles. The third-order valence-corrected chi connectivity index (χ3v) is 6.46. The van der Waals surface area contributed by atoms with Gasteiger partial charge in [0.15, 0.2) is 0 Å². The van der Waals surface area contributed by atoms with Crippen LogP contribution < -0.4 is 0 Å². The minimum Gasteiger partial charge on any atom is -0.477 e. The SMILES string of the molecule is C[C@@H](O)[C@H]1C(=O)N2C(C(=O)O)=C(SCCN3C(=O)c4ccccc4C3=O)C[C@H]12. The van der Waals surface area contributed by atoms with Gasteiger partial charge in [0, 0.05) is 23.6 Å². The molecule has 3 aliphatic heterocycles. The van der Waals surface area contributed by atoms with E-state index in [4.69, 9.17) is 0 Å². The van der Waals surface area contributed by atoms with Crippen LogP contribution in [0.5, 0.6) is 0 Å². The van der Waals surface area contributed by atoms with E-state index in [1.165, 1.54) is 23.6 Å². The highest BCUT2D eigenvalue weighted by Crippen LogP contribution is 2.47. The van der Waals surface area contributed by atoms with E-state index < -0.39 is 18.0 Å². The number of hydrogen-bond acceptors (Lipinski definition) is 6. The Labute approximate surface area is 164 Å². The molecule has 28 heavy (non-hydrogen) atoms. The van der Waals surface area contributed by atoms with Crippen molar-refractivity contribution in [3.8, 4) is 0 Å². The maximum absolute atomic E-state index is 12.4. The number of hydrogen-bond donors (Lipinski definition) is 2. The number of nitrogens with zero attached hydrogens (tertiary/aromatic N) is 2. The van der Waals surface area contributed by atoms with Crippen LogP contribution in [0.4, 0.5) is 0 Å². The Kier molecular flexibility index (Phi) is 4.51. The number of imide groups is 1. The van der Waals surface area contributed by atoms with Gasteiger partial charge in [0.2, 0.25) is 5.91 Å². The zero-order valence-electron chi connectivity index (χ0n) is 15.0. The predicted octanol–water partition coefficient (Wildman–Crippen LogP) is 0.923. The Morgan fingerprint density at radius 2 is 1.82 bits per heavy atom. The van der Waals surface area contributed by atoms with E-state index in [1.807, 2.05) is 0 Å². The average Bonchev–Trinajstić information content (AvgIpc) is 3.09. The second-order valence-electron chi connectivity index (χ2n) is 6.98. The molecule has 4 rings (SSSR count). The van der Waals surface area contributed by atoms with Crippen LogP contribution in [0.3, 0.4) is 0 Å². The number of carbonyl (C=O) groups is 4. The van der Waals surface area contributed by atoms with Crippen molar-refractivity contribution >= 4 is 35.5 Å². The van der Waals surface area contributed by atoms with Crippen LogP contribution in [0.25, 0.3) is 0 Å². The zero-order valence-corrected chi connectivity index (χ0v) is 15.8. The normalized spacial score (nSPS) is 24.4. The van der Waals surface area contributed by atoms with Crippen molar-refractivity contribution in [2.45, 2.75) is 25.5 Å². The van der Waals surface area contributed by atoms with Crippen molar-refractivity contribution in [1.82, 2.24) is 9.80 Å². The summed E-state index contributed by atoms with van der Waals surface area (Å²) in [5.41, 5.74) is 0.691. The van der Waals surface area contributed by atoms with Crippen molar-refractivity contribution in [2.75, 3.05) is 12.3 Å². The second kappa shape index (κ2) is 6.75. The van der Waals surface area contributed by atoms with Crippen LogP contribution >= 0.6 is 11.8 Å². The van der Waals surface area contributed by atoms with Crippen LogP contribution in [-0.2, 0) is 9.59 Å². The summed E-state index contributed by atoms with van der Waals surface area (Å²) in [5.74, 6) is -2.55. The molecule has 2 N–H and O–H groups in total. The smallest absolute Gasteiger partial charge is 0.353 e. The summed E-state index contributed by atoms with van der Waals surface area (Å²) in [6, 6.07) is 6.27. The number of fused-ring (bicyclic) bond motifs is 2. The van der Waals surface area contributed by atoms with Crippen LogP contribution in [0.15, 0.2) is 34.9 Å². The Morgan fingerprint density at radius 1 is 1.21 bits per heavy atom. The molecule has 0 spiro atoms. The quantitative estimate of drug-likeness (QED) is 0.537. The Morgan fingerprint density at radius 3 is 2.36 bits per heavy atom. The molecule has 3 atom stereocenters. The first-order valence-electron chi connectivity index (χ1n) is 8.88. The van der Waals surface area contributed by atoms with Crippen LogP contribution in [0.2, 0.25) is 0 Å². The molecule has 0 unspecified atom stereocenters. The molecule has 3 aliphatic rings. The van der Waals surface area contributed by atoms with E-state index in [-0.39, 0.29) is 36.0 Å². The molecule has 0 bridgehead atoms. The molecular weight excluding hydrogens is 384 g/mol. The molecule has 9 heteroatoms. The van der Waals surface area contributed by atoms with E-state index in [2.05, 4.69) is 0 Å². The van der Waals surface area contributed by atoms with Crippen LogP contribution in [-0.4, -0.2) is 68.1 Å². The van der Waals surface area contributed by atoms with E-state index in [0.29, 0.717) is 28.2 Å². The first kappa shape index (κ1) is 18.7. The van der Waals surface area contributed by atoms with Gasteiger partial charge in [-0.15, -0.1) is 11.8 Å². The molecule has 1 saturated heterocycles. The summed E-state index contributed by atoms with van der Waals surface area (Å²) in [6.07, 6.45) is -0.484. The van der Waals surface area contributed by atoms with Crippen molar-refractivity contribution in [3.63, 3.8) is 0 Å². The first-order chi connectivity index (χ1) is 13.3. The lowest BCUT2D eigenvalue weighted by Crippen LogP contribution is -2.61. The van der Waals surface area contributed by atoms with Gasteiger partial charge in [0.25, 0.3) is 11.8 Å². The van der Waals surface area contributed by atoms with Crippen molar-refractivity contribution < 1.29 is 29.4 Å². The highest BCUT2D eigenvalue weighted by molar-refractivity contribution is 8.03. The topological polar surface area (TPSA) is 115 Å². The minimum absolute atomic E-state index is 0.0562. The largest absolute Gasteiger partial charge is 0.477 e. The fraction of sp³-hybridized carbons (Fsp3) is 0.368. The summed E-state index contributed by atoms with van der Waals surface area (Å²) in [5, 5.41) is 19.3. The summed E-state index contributed by atoms with van der Waals surface area (Å²) in [6.45, 7) is 1.67. The average molecular weight is 402 g/mol. The van der Waals surface area contributed by atoms with Gasteiger partial charge in [-0.3, -0.25) is 19.3 Å². The Bertz CT molecular complexity index is 905. The molecule has 8 nitrogen and oxygen atoms in total. The lowest BCUT2D eigenvalue weighted by molar-refractivity contribution is -0.161. The third-order valence-electron chi connectivity index (χ3n) is 5.36. The summed E-state index contributed by atoms with van der Waals surface area (Å²) in [4.78, 5) is 51.6. The molecule has 1 fully saturated rings. The number of thioether (sulfide) groups is 1. The van der Waals surface area contributed by atoms with Gasteiger partial charge in [-0.25, -0.2) is 4.79 Å². The lowest BCUT2D eigenvalue weighted by atomic mass is 9.83. The minimum atomic E-state index is -1.19. The highest BCUT2D eigenvalue weighted by atomic mass is 32.2. The fourth-order valence-electron chi connectivity index (χ4n) is 4.06. The second-order valence-corrected chi connectivity index (χ2v) is 8.17. The first-order valence-corrected chi connectivity index (χ1v) is 9.87. The van der Waals surface area contributed by atoms with Gasteiger partial charge < -0.3 is 15.1 Å². The maximum Gasteiger partial charge on any atom is 0.353 e. The number of aliphatic hydroxyl groups excluding tert-OH is 1. The predicted molar refractivity (Wildman–Crippen MR) is 99.4 cm³/mol. The van der Waals surface area contributed by atoms with Gasteiger partial charge in [-0.05, 0) is 19.1 Å². The van der Waals surface area contributed by atoms with E-state index in [1.54, 1.807) is 24.3 Å². The number of β-lactam (4-membered cyclic amide) rings is 1. The lowest BCUT2D eigenvalue weighted by Gasteiger charge is -2.44. The summed E-state index contributed by atoms with van der Waals surface area (Å²) in [7, 11) is 0. The van der Waals surface area contributed by atoms with Gasteiger partial charge in [0.05, 0.1) is 29.2 Å². The van der Waals surface area contributed by atoms with Gasteiger partial charge in [-0.2, -0.15) is 0 Å². The maximum atomic E-state index is 12.4. The highest BCUT2D eigenvalue weighted by Gasteiger charge is 2.56. The number of carboxylic acids is 1. The summed E-state index contributed by atoms with van der Waals surface area (Å²) >= 11 is 1.23. The number of rotatable bonds is 6. The Hall–Kier alpha value is -2.65. The van der Waals surface area contributed by atoms with Crippen molar-refractivity contribution in [2.24, 2.45) is 5.92 Å². The fourth-order valence-corrected chi connectivity index (χ4v) is 5.19. The van der Waals surface area contributed by atoms with E-state index >= 15 is 0 Å². The summed E-state index contributed by atoms with van der Waals surface area (Å²) < 4.78 is 0. The molecule has 0 radical (unpaired) electrons. The molecule has 3 amide bonds.